The molecule has 0 saturated heterocycles. The number of aromatic nitrogens is 3. The molecule has 0 aromatic carbocycles. The van der Waals surface area contributed by atoms with Gasteiger partial charge in [0.15, 0.2) is 0 Å². The normalized spacial score (nSPS) is 10.6. The van der Waals surface area contributed by atoms with E-state index in [0.717, 1.165) is 25.9 Å². The van der Waals surface area contributed by atoms with E-state index in [4.69, 9.17) is 0 Å². The van der Waals surface area contributed by atoms with Crippen LogP contribution in [-0.4, -0.2) is 28.1 Å². The lowest BCUT2D eigenvalue weighted by atomic mass is 10.2. The van der Waals surface area contributed by atoms with Crippen molar-refractivity contribution in [1.29, 1.82) is 0 Å². The third kappa shape index (κ3) is 3.55. The standard InChI is InChI=1S/C9H18N4/c1-3-6-10-7-4-5-9-8-11-12-13(9)2/h8,10H,3-7H2,1-2H3. The molecule has 74 valence electrons. The van der Waals surface area contributed by atoms with Gasteiger partial charge < -0.3 is 5.32 Å². The first-order valence-electron chi connectivity index (χ1n) is 4.89. The van der Waals surface area contributed by atoms with Gasteiger partial charge >= 0.3 is 0 Å². The van der Waals surface area contributed by atoms with Crippen LogP contribution < -0.4 is 5.32 Å². The summed E-state index contributed by atoms with van der Waals surface area (Å²) in [5, 5.41) is 11.1. The van der Waals surface area contributed by atoms with Crippen molar-refractivity contribution in [2.24, 2.45) is 7.05 Å². The molecule has 13 heavy (non-hydrogen) atoms. The van der Waals surface area contributed by atoms with E-state index in [1.807, 2.05) is 17.9 Å². The number of nitrogens with one attached hydrogen (secondary N) is 1. The SMILES string of the molecule is CCCNCCCc1cnnn1C. The van der Waals surface area contributed by atoms with Crippen LogP contribution in [0.25, 0.3) is 0 Å². The lowest BCUT2D eigenvalue weighted by molar-refractivity contribution is 0.613. The smallest absolute Gasteiger partial charge is 0.0724 e. The van der Waals surface area contributed by atoms with Gasteiger partial charge in [-0.1, -0.05) is 12.1 Å². The molecular formula is C9H18N4. The Labute approximate surface area is 79.3 Å². The molecule has 0 aliphatic rings. The van der Waals surface area contributed by atoms with E-state index in [9.17, 15) is 0 Å². The van der Waals surface area contributed by atoms with E-state index in [-0.39, 0.29) is 0 Å². The van der Waals surface area contributed by atoms with Crippen LogP contribution in [0.2, 0.25) is 0 Å². The summed E-state index contributed by atoms with van der Waals surface area (Å²) in [6.07, 6.45) is 5.24. The predicted octanol–water partition coefficient (Wildman–Crippen LogP) is 0.747. The highest BCUT2D eigenvalue weighted by molar-refractivity contribution is 4.92. The quantitative estimate of drug-likeness (QED) is 0.660. The molecule has 0 radical (unpaired) electrons. The summed E-state index contributed by atoms with van der Waals surface area (Å²) in [7, 11) is 1.93. The van der Waals surface area contributed by atoms with E-state index in [2.05, 4.69) is 22.6 Å². The molecule has 1 aromatic heterocycles. The van der Waals surface area contributed by atoms with Crippen molar-refractivity contribution in [1.82, 2.24) is 20.3 Å². The monoisotopic (exact) mass is 182 g/mol. The van der Waals surface area contributed by atoms with Crippen molar-refractivity contribution in [3.63, 3.8) is 0 Å². The van der Waals surface area contributed by atoms with Crippen LogP contribution in [0.1, 0.15) is 25.5 Å². The van der Waals surface area contributed by atoms with Crippen molar-refractivity contribution in [2.75, 3.05) is 13.1 Å². The molecule has 4 heteroatoms. The molecule has 1 rings (SSSR count). The second-order valence-corrected chi connectivity index (χ2v) is 3.20. The summed E-state index contributed by atoms with van der Waals surface area (Å²) in [4.78, 5) is 0. The van der Waals surface area contributed by atoms with Crippen molar-refractivity contribution < 1.29 is 0 Å². The Morgan fingerprint density at radius 2 is 2.31 bits per heavy atom. The van der Waals surface area contributed by atoms with Gasteiger partial charge in [-0.05, 0) is 32.4 Å². The Bertz CT molecular complexity index is 231. The van der Waals surface area contributed by atoms with Crippen molar-refractivity contribution in [3.05, 3.63) is 11.9 Å². The van der Waals surface area contributed by atoms with Gasteiger partial charge in [-0.15, -0.1) is 5.10 Å². The minimum atomic E-state index is 1.06. The molecule has 1 aromatic rings. The van der Waals surface area contributed by atoms with Crippen LogP contribution in [0.15, 0.2) is 6.20 Å². The summed E-state index contributed by atoms with van der Waals surface area (Å²) < 4.78 is 1.83. The molecule has 0 unspecified atom stereocenters. The van der Waals surface area contributed by atoms with E-state index < -0.39 is 0 Å². The predicted molar refractivity (Wildman–Crippen MR) is 52.5 cm³/mol. The van der Waals surface area contributed by atoms with Crippen LogP contribution in [0.3, 0.4) is 0 Å². The van der Waals surface area contributed by atoms with Gasteiger partial charge in [0.1, 0.15) is 0 Å². The molecule has 0 aliphatic heterocycles. The molecule has 4 nitrogen and oxygen atoms in total. The average molecular weight is 182 g/mol. The highest BCUT2D eigenvalue weighted by Gasteiger charge is 1.98. The third-order valence-electron chi connectivity index (χ3n) is 2.02. The largest absolute Gasteiger partial charge is 0.317 e. The van der Waals surface area contributed by atoms with Gasteiger partial charge in [0.05, 0.1) is 11.9 Å². The zero-order valence-electron chi connectivity index (χ0n) is 8.45. The lowest BCUT2D eigenvalue weighted by Gasteiger charge is -2.02. The fraction of sp³-hybridized carbons (Fsp3) is 0.778. The molecule has 1 N–H and O–H groups in total. The summed E-state index contributed by atoms with van der Waals surface area (Å²) in [6, 6.07) is 0. The average Bonchev–Trinajstić information content (AvgIpc) is 2.52. The zero-order valence-corrected chi connectivity index (χ0v) is 8.45. The van der Waals surface area contributed by atoms with Gasteiger partial charge in [-0.2, -0.15) is 0 Å². The number of aryl methyl sites for hydroxylation is 2. The first-order chi connectivity index (χ1) is 6.34. The molecule has 0 spiro atoms. The van der Waals surface area contributed by atoms with Crippen molar-refractivity contribution >= 4 is 0 Å². The highest BCUT2D eigenvalue weighted by atomic mass is 15.4. The minimum Gasteiger partial charge on any atom is -0.317 e. The maximum absolute atomic E-state index is 3.88. The molecule has 0 atom stereocenters. The van der Waals surface area contributed by atoms with Crippen LogP contribution in [0, 0.1) is 0 Å². The van der Waals surface area contributed by atoms with E-state index in [1.165, 1.54) is 12.1 Å². The molecule has 0 fully saturated rings. The summed E-state index contributed by atoms with van der Waals surface area (Å²) in [5.41, 5.74) is 1.21. The maximum Gasteiger partial charge on any atom is 0.0724 e. The lowest BCUT2D eigenvalue weighted by Crippen LogP contribution is -2.16. The fourth-order valence-corrected chi connectivity index (χ4v) is 1.23. The molecular weight excluding hydrogens is 164 g/mol. The molecule has 0 bridgehead atoms. The maximum atomic E-state index is 3.88. The van der Waals surface area contributed by atoms with Gasteiger partial charge in [0.2, 0.25) is 0 Å². The highest BCUT2D eigenvalue weighted by Crippen LogP contribution is 1.97. The van der Waals surface area contributed by atoms with Crippen LogP contribution in [-0.2, 0) is 13.5 Å². The summed E-state index contributed by atoms with van der Waals surface area (Å²) in [6.45, 7) is 4.38. The third-order valence-corrected chi connectivity index (χ3v) is 2.02. The summed E-state index contributed by atoms with van der Waals surface area (Å²) in [5.74, 6) is 0. The topological polar surface area (TPSA) is 42.7 Å². The zero-order chi connectivity index (χ0) is 9.52. The number of hydrogen-bond acceptors (Lipinski definition) is 3. The summed E-state index contributed by atoms with van der Waals surface area (Å²) >= 11 is 0. The van der Waals surface area contributed by atoms with Crippen molar-refractivity contribution in [2.45, 2.75) is 26.2 Å². The van der Waals surface area contributed by atoms with E-state index >= 15 is 0 Å². The Hall–Kier alpha value is -0.900. The van der Waals surface area contributed by atoms with E-state index in [1.54, 1.807) is 0 Å². The Morgan fingerprint density at radius 3 is 2.92 bits per heavy atom. The molecule has 0 amide bonds. The molecule has 0 saturated carbocycles. The van der Waals surface area contributed by atoms with Crippen LogP contribution >= 0.6 is 0 Å². The number of rotatable bonds is 6. The van der Waals surface area contributed by atoms with Crippen LogP contribution in [0.4, 0.5) is 0 Å². The Balaban J connectivity index is 2.10. The van der Waals surface area contributed by atoms with E-state index in [0.29, 0.717) is 0 Å². The van der Waals surface area contributed by atoms with Crippen molar-refractivity contribution in [3.8, 4) is 0 Å². The van der Waals surface area contributed by atoms with Gasteiger partial charge in [-0.25, -0.2) is 0 Å². The Kier molecular flexibility index (Phi) is 4.46. The second-order valence-electron chi connectivity index (χ2n) is 3.20. The first-order valence-corrected chi connectivity index (χ1v) is 4.89. The van der Waals surface area contributed by atoms with Gasteiger partial charge in [0.25, 0.3) is 0 Å². The van der Waals surface area contributed by atoms with Gasteiger partial charge in [0, 0.05) is 7.05 Å². The van der Waals surface area contributed by atoms with Crippen LogP contribution in [0.5, 0.6) is 0 Å². The van der Waals surface area contributed by atoms with Gasteiger partial charge in [-0.3, -0.25) is 4.68 Å². The first kappa shape index (κ1) is 10.2. The Morgan fingerprint density at radius 1 is 1.46 bits per heavy atom. The molecule has 0 aliphatic carbocycles. The number of nitrogens with zero attached hydrogens (tertiary/aromatic N) is 3. The number of hydrogen-bond donors (Lipinski definition) is 1. The minimum absolute atomic E-state index is 1.06. The fourth-order valence-electron chi connectivity index (χ4n) is 1.23. The molecule has 1 heterocycles. The second kappa shape index (κ2) is 5.70.